The normalized spacial score (nSPS) is 12.5. The van der Waals surface area contributed by atoms with Gasteiger partial charge in [-0.1, -0.05) is 17.7 Å². The van der Waals surface area contributed by atoms with Crippen molar-refractivity contribution in [2.75, 3.05) is 0 Å². The van der Waals surface area contributed by atoms with E-state index in [4.69, 9.17) is 17.3 Å². The minimum Gasteiger partial charge on any atom is -0.350 e. The Kier molecular flexibility index (Phi) is 3.66. The number of rotatable bonds is 1. The number of halogens is 2. The minimum absolute atomic E-state index is 0. The van der Waals surface area contributed by atoms with Gasteiger partial charge in [-0.2, -0.15) is 0 Å². The van der Waals surface area contributed by atoms with Crippen LogP contribution in [0.4, 0.5) is 0 Å². The van der Waals surface area contributed by atoms with Crippen LogP contribution in [0, 0.1) is 0 Å². The average molecular weight is 245 g/mol. The lowest BCUT2D eigenvalue weighted by molar-refractivity contribution is 0.815. The van der Waals surface area contributed by atoms with Crippen molar-refractivity contribution >= 4 is 34.9 Å². The standard InChI is InChI=1S/C11H13ClN2.ClH/c1-7(13)10-6-14(2)11-5-8(12)3-4-9(10)11;/h3-7H,13H2,1-2H3;1H. The van der Waals surface area contributed by atoms with Crippen molar-refractivity contribution in [1.29, 1.82) is 0 Å². The van der Waals surface area contributed by atoms with Crippen LogP contribution in [0.25, 0.3) is 10.9 Å². The van der Waals surface area contributed by atoms with Gasteiger partial charge in [0.2, 0.25) is 0 Å². The molecule has 1 atom stereocenters. The number of nitrogens with zero attached hydrogens (tertiary/aromatic N) is 1. The largest absolute Gasteiger partial charge is 0.350 e. The molecule has 82 valence electrons. The third-order valence-corrected chi connectivity index (χ3v) is 2.71. The number of benzene rings is 1. The van der Waals surface area contributed by atoms with Gasteiger partial charge in [0.1, 0.15) is 0 Å². The molecule has 1 heterocycles. The summed E-state index contributed by atoms with van der Waals surface area (Å²) in [4.78, 5) is 0. The molecule has 1 unspecified atom stereocenters. The summed E-state index contributed by atoms with van der Waals surface area (Å²) in [5.74, 6) is 0. The van der Waals surface area contributed by atoms with Gasteiger partial charge in [-0.05, 0) is 24.6 Å². The molecule has 0 radical (unpaired) electrons. The van der Waals surface area contributed by atoms with E-state index in [-0.39, 0.29) is 18.4 Å². The lowest BCUT2D eigenvalue weighted by Gasteiger charge is -2.01. The molecule has 0 fully saturated rings. The summed E-state index contributed by atoms with van der Waals surface area (Å²) in [6.07, 6.45) is 2.06. The molecule has 0 saturated carbocycles. The van der Waals surface area contributed by atoms with Gasteiger partial charge in [0, 0.05) is 35.2 Å². The fourth-order valence-corrected chi connectivity index (χ4v) is 1.92. The molecule has 0 bridgehead atoms. The van der Waals surface area contributed by atoms with Crippen molar-refractivity contribution in [3.8, 4) is 0 Å². The molecule has 4 heteroatoms. The van der Waals surface area contributed by atoms with Crippen molar-refractivity contribution in [1.82, 2.24) is 4.57 Å². The third-order valence-electron chi connectivity index (χ3n) is 2.47. The van der Waals surface area contributed by atoms with Crippen molar-refractivity contribution < 1.29 is 0 Å². The van der Waals surface area contributed by atoms with Crippen LogP contribution in [0.15, 0.2) is 24.4 Å². The SMILES string of the molecule is CC(N)c1cn(C)c2cc(Cl)ccc12.Cl. The Morgan fingerprint density at radius 1 is 1.40 bits per heavy atom. The molecule has 2 aromatic rings. The molecule has 15 heavy (non-hydrogen) atoms. The van der Waals surface area contributed by atoms with E-state index < -0.39 is 0 Å². The van der Waals surface area contributed by atoms with E-state index in [0.717, 1.165) is 10.5 Å². The Balaban J connectivity index is 0.00000112. The maximum atomic E-state index is 5.93. The molecule has 0 aliphatic heterocycles. The minimum atomic E-state index is 0. The summed E-state index contributed by atoms with van der Waals surface area (Å²) in [5, 5.41) is 1.95. The second kappa shape index (κ2) is 4.44. The first-order valence-corrected chi connectivity index (χ1v) is 4.97. The quantitative estimate of drug-likeness (QED) is 0.821. The highest BCUT2D eigenvalue weighted by Crippen LogP contribution is 2.26. The van der Waals surface area contributed by atoms with E-state index in [0.29, 0.717) is 0 Å². The lowest BCUT2D eigenvalue weighted by Crippen LogP contribution is -2.03. The molecule has 0 amide bonds. The summed E-state index contributed by atoms with van der Waals surface area (Å²) >= 11 is 5.93. The first-order valence-electron chi connectivity index (χ1n) is 4.59. The fourth-order valence-electron chi connectivity index (χ4n) is 1.75. The molecule has 1 aromatic heterocycles. The van der Waals surface area contributed by atoms with Crippen LogP contribution in [0.1, 0.15) is 18.5 Å². The summed E-state index contributed by atoms with van der Waals surface area (Å²) < 4.78 is 2.06. The Bertz CT molecular complexity index is 475. The van der Waals surface area contributed by atoms with E-state index in [1.54, 1.807) is 0 Å². The predicted molar refractivity (Wildman–Crippen MR) is 67.8 cm³/mol. The van der Waals surface area contributed by atoms with E-state index in [2.05, 4.69) is 10.8 Å². The van der Waals surface area contributed by atoms with Crippen molar-refractivity contribution in [2.45, 2.75) is 13.0 Å². The molecule has 2 rings (SSSR count). The number of aryl methyl sites for hydroxylation is 1. The number of hydrogen-bond acceptors (Lipinski definition) is 1. The van der Waals surface area contributed by atoms with Crippen molar-refractivity contribution in [2.24, 2.45) is 12.8 Å². The van der Waals surface area contributed by atoms with E-state index in [1.165, 1.54) is 10.9 Å². The molecule has 0 aliphatic carbocycles. The molecule has 2 nitrogen and oxygen atoms in total. The van der Waals surface area contributed by atoms with Crippen molar-refractivity contribution in [3.63, 3.8) is 0 Å². The molecular weight excluding hydrogens is 231 g/mol. The topological polar surface area (TPSA) is 30.9 Å². The summed E-state index contributed by atoms with van der Waals surface area (Å²) in [6, 6.07) is 5.94. The lowest BCUT2D eigenvalue weighted by atomic mass is 10.1. The Hall–Kier alpha value is -0.700. The highest BCUT2D eigenvalue weighted by Gasteiger charge is 2.09. The van der Waals surface area contributed by atoms with Gasteiger partial charge in [-0.25, -0.2) is 0 Å². The number of aromatic nitrogens is 1. The van der Waals surface area contributed by atoms with Gasteiger partial charge >= 0.3 is 0 Å². The number of nitrogens with two attached hydrogens (primary N) is 1. The predicted octanol–water partition coefficient (Wildman–Crippen LogP) is 3.27. The Labute approximate surface area is 100 Å². The molecule has 2 N–H and O–H groups in total. The van der Waals surface area contributed by atoms with E-state index in [9.17, 15) is 0 Å². The van der Waals surface area contributed by atoms with Gasteiger partial charge in [-0.15, -0.1) is 12.4 Å². The molecule has 0 aliphatic rings. The number of hydrogen-bond donors (Lipinski definition) is 1. The van der Waals surface area contributed by atoms with Gasteiger partial charge in [0.25, 0.3) is 0 Å². The molecule has 0 saturated heterocycles. The van der Waals surface area contributed by atoms with Crippen molar-refractivity contribution in [3.05, 3.63) is 35.0 Å². The van der Waals surface area contributed by atoms with Crippen LogP contribution in [-0.4, -0.2) is 4.57 Å². The summed E-state index contributed by atoms with van der Waals surface area (Å²) in [7, 11) is 2.00. The zero-order chi connectivity index (χ0) is 10.3. The van der Waals surface area contributed by atoms with E-state index >= 15 is 0 Å². The van der Waals surface area contributed by atoms with Crippen LogP contribution >= 0.6 is 24.0 Å². The van der Waals surface area contributed by atoms with Gasteiger partial charge in [0.15, 0.2) is 0 Å². The molecule has 0 spiro atoms. The maximum absolute atomic E-state index is 5.93. The van der Waals surface area contributed by atoms with Crippen LogP contribution in [0.2, 0.25) is 5.02 Å². The molecule has 1 aromatic carbocycles. The molecular formula is C11H14Cl2N2. The van der Waals surface area contributed by atoms with E-state index in [1.807, 2.05) is 32.2 Å². The van der Waals surface area contributed by atoms with Gasteiger partial charge in [-0.3, -0.25) is 0 Å². The van der Waals surface area contributed by atoms with Gasteiger partial charge in [0.05, 0.1) is 0 Å². The highest BCUT2D eigenvalue weighted by molar-refractivity contribution is 6.31. The zero-order valence-electron chi connectivity index (χ0n) is 8.70. The zero-order valence-corrected chi connectivity index (χ0v) is 10.3. The Morgan fingerprint density at radius 3 is 2.67 bits per heavy atom. The first-order chi connectivity index (χ1) is 6.59. The second-order valence-corrected chi connectivity index (χ2v) is 4.08. The average Bonchev–Trinajstić information content (AvgIpc) is 2.44. The van der Waals surface area contributed by atoms with Crippen LogP contribution in [-0.2, 0) is 7.05 Å². The van der Waals surface area contributed by atoms with Crippen LogP contribution in [0.3, 0.4) is 0 Å². The first kappa shape index (κ1) is 12.4. The Morgan fingerprint density at radius 2 is 2.07 bits per heavy atom. The monoisotopic (exact) mass is 244 g/mol. The maximum Gasteiger partial charge on any atom is 0.0496 e. The third kappa shape index (κ3) is 2.12. The summed E-state index contributed by atoms with van der Waals surface area (Å²) in [5.41, 5.74) is 8.18. The highest BCUT2D eigenvalue weighted by atomic mass is 35.5. The van der Waals surface area contributed by atoms with Crippen LogP contribution in [0.5, 0.6) is 0 Å². The smallest absolute Gasteiger partial charge is 0.0496 e. The second-order valence-electron chi connectivity index (χ2n) is 3.65. The summed E-state index contributed by atoms with van der Waals surface area (Å²) in [6.45, 7) is 1.99. The number of fused-ring (bicyclic) bond motifs is 1. The van der Waals surface area contributed by atoms with Crippen LogP contribution < -0.4 is 5.73 Å². The van der Waals surface area contributed by atoms with Gasteiger partial charge < -0.3 is 10.3 Å². The fraction of sp³-hybridized carbons (Fsp3) is 0.273.